The van der Waals surface area contributed by atoms with Crippen LogP contribution >= 0.6 is 0 Å². The zero-order valence-electron chi connectivity index (χ0n) is 11.4. The summed E-state index contributed by atoms with van der Waals surface area (Å²) in [5.41, 5.74) is 2.60. The number of hydrogen-bond donors (Lipinski definition) is 2. The van der Waals surface area contributed by atoms with E-state index in [1.807, 2.05) is 7.05 Å². The highest BCUT2D eigenvalue weighted by molar-refractivity contribution is 5.56. The average molecular weight is 248 g/mol. The first-order valence-corrected chi connectivity index (χ1v) is 6.91. The van der Waals surface area contributed by atoms with E-state index in [2.05, 4.69) is 41.4 Å². The molecule has 0 amide bonds. The van der Waals surface area contributed by atoms with Gasteiger partial charge in [-0.05, 0) is 44.9 Å². The van der Waals surface area contributed by atoms with Gasteiger partial charge in [-0.2, -0.15) is 0 Å². The van der Waals surface area contributed by atoms with Crippen molar-refractivity contribution in [3.05, 3.63) is 29.8 Å². The Hall–Kier alpha value is -1.06. The van der Waals surface area contributed by atoms with Crippen molar-refractivity contribution in [3.63, 3.8) is 0 Å². The van der Waals surface area contributed by atoms with Gasteiger partial charge >= 0.3 is 0 Å². The second kappa shape index (κ2) is 6.21. The van der Waals surface area contributed by atoms with Gasteiger partial charge < -0.3 is 15.3 Å². The highest BCUT2D eigenvalue weighted by Crippen LogP contribution is 2.31. The Balaban J connectivity index is 2.30. The molecule has 1 fully saturated rings. The molecule has 18 heavy (non-hydrogen) atoms. The van der Waals surface area contributed by atoms with Crippen molar-refractivity contribution in [2.24, 2.45) is 0 Å². The van der Waals surface area contributed by atoms with Crippen molar-refractivity contribution in [2.75, 3.05) is 25.1 Å². The SMILES string of the molecule is CNC(C)c1ccccc1N1CCCCC1CO. The molecule has 2 atom stereocenters. The van der Waals surface area contributed by atoms with Gasteiger partial charge in [0, 0.05) is 18.3 Å². The van der Waals surface area contributed by atoms with E-state index in [1.165, 1.54) is 24.1 Å². The van der Waals surface area contributed by atoms with Crippen LogP contribution in [0.25, 0.3) is 0 Å². The molecule has 2 unspecified atom stereocenters. The maximum absolute atomic E-state index is 9.55. The normalized spacial score (nSPS) is 21.9. The minimum Gasteiger partial charge on any atom is -0.394 e. The Labute approximate surface area is 110 Å². The van der Waals surface area contributed by atoms with Gasteiger partial charge in [-0.15, -0.1) is 0 Å². The third-order valence-corrected chi connectivity index (χ3v) is 3.98. The number of anilines is 1. The molecule has 0 spiro atoms. The number of piperidine rings is 1. The molecule has 0 aromatic heterocycles. The third-order valence-electron chi connectivity index (χ3n) is 3.98. The monoisotopic (exact) mass is 248 g/mol. The molecule has 1 saturated heterocycles. The van der Waals surface area contributed by atoms with Crippen molar-refractivity contribution in [1.29, 1.82) is 0 Å². The fraction of sp³-hybridized carbons (Fsp3) is 0.600. The number of nitrogens with zero attached hydrogens (tertiary/aromatic N) is 1. The van der Waals surface area contributed by atoms with Crippen molar-refractivity contribution >= 4 is 5.69 Å². The molecule has 0 radical (unpaired) electrons. The summed E-state index contributed by atoms with van der Waals surface area (Å²) >= 11 is 0. The average Bonchev–Trinajstić information content (AvgIpc) is 2.46. The Morgan fingerprint density at radius 3 is 2.89 bits per heavy atom. The minimum absolute atomic E-state index is 0.252. The molecule has 0 saturated carbocycles. The summed E-state index contributed by atoms with van der Waals surface area (Å²) in [4.78, 5) is 2.38. The summed E-state index contributed by atoms with van der Waals surface area (Å²) in [6.45, 7) is 3.48. The molecule has 2 N–H and O–H groups in total. The first-order valence-electron chi connectivity index (χ1n) is 6.91. The zero-order valence-corrected chi connectivity index (χ0v) is 11.4. The summed E-state index contributed by atoms with van der Waals surface area (Å²) in [7, 11) is 1.99. The lowest BCUT2D eigenvalue weighted by atomic mass is 9.98. The first kappa shape index (κ1) is 13.4. The molecule has 1 heterocycles. The van der Waals surface area contributed by atoms with Gasteiger partial charge in [-0.1, -0.05) is 18.2 Å². The number of nitrogens with one attached hydrogen (secondary N) is 1. The molecule has 3 heteroatoms. The van der Waals surface area contributed by atoms with Crippen LogP contribution in [0.4, 0.5) is 5.69 Å². The van der Waals surface area contributed by atoms with Gasteiger partial charge in [0.15, 0.2) is 0 Å². The van der Waals surface area contributed by atoms with Crippen LogP contribution in [0.5, 0.6) is 0 Å². The van der Waals surface area contributed by atoms with Crippen LogP contribution in [0.2, 0.25) is 0 Å². The number of aliphatic hydroxyl groups excluding tert-OH is 1. The van der Waals surface area contributed by atoms with Crippen molar-refractivity contribution < 1.29 is 5.11 Å². The number of benzene rings is 1. The smallest absolute Gasteiger partial charge is 0.0635 e. The maximum Gasteiger partial charge on any atom is 0.0635 e. The van der Waals surface area contributed by atoms with Crippen LogP contribution in [-0.2, 0) is 0 Å². The fourth-order valence-corrected chi connectivity index (χ4v) is 2.78. The van der Waals surface area contributed by atoms with Gasteiger partial charge in [0.2, 0.25) is 0 Å². The van der Waals surface area contributed by atoms with E-state index in [0.717, 1.165) is 13.0 Å². The molecule has 1 aromatic carbocycles. The van der Waals surface area contributed by atoms with Crippen LogP contribution < -0.4 is 10.2 Å². The molecule has 1 aliphatic heterocycles. The molecular weight excluding hydrogens is 224 g/mol. The summed E-state index contributed by atoms with van der Waals surface area (Å²) in [6, 6.07) is 9.15. The van der Waals surface area contributed by atoms with Crippen molar-refractivity contribution in [2.45, 2.75) is 38.3 Å². The summed E-state index contributed by atoms with van der Waals surface area (Å²) in [5.74, 6) is 0. The van der Waals surface area contributed by atoms with E-state index in [1.54, 1.807) is 0 Å². The van der Waals surface area contributed by atoms with E-state index in [9.17, 15) is 5.11 Å². The summed E-state index contributed by atoms with van der Waals surface area (Å²) in [5, 5.41) is 12.9. The van der Waals surface area contributed by atoms with Crippen molar-refractivity contribution in [3.8, 4) is 0 Å². The van der Waals surface area contributed by atoms with Crippen LogP contribution in [0, 0.1) is 0 Å². The summed E-state index contributed by atoms with van der Waals surface area (Å²) < 4.78 is 0. The molecule has 0 aliphatic carbocycles. The number of para-hydroxylation sites is 1. The molecular formula is C15H24N2O. The second-order valence-electron chi connectivity index (χ2n) is 5.09. The third kappa shape index (κ3) is 2.68. The lowest BCUT2D eigenvalue weighted by molar-refractivity contribution is 0.240. The van der Waals surface area contributed by atoms with Gasteiger partial charge in [0.25, 0.3) is 0 Å². The molecule has 1 aromatic rings. The van der Waals surface area contributed by atoms with E-state index >= 15 is 0 Å². The van der Waals surface area contributed by atoms with E-state index in [4.69, 9.17) is 0 Å². The van der Waals surface area contributed by atoms with E-state index < -0.39 is 0 Å². The fourth-order valence-electron chi connectivity index (χ4n) is 2.78. The predicted molar refractivity (Wildman–Crippen MR) is 76.0 cm³/mol. The quantitative estimate of drug-likeness (QED) is 0.858. The highest BCUT2D eigenvalue weighted by atomic mass is 16.3. The van der Waals surface area contributed by atoms with Crippen LogP contribution in [0.15, 0.2) is 24.3 Å². The lowest BCUT2D eigenvalue weighted by Gasteiger charge is -2.38. The predicted octanol–water partition coefficient (Wildman–Crippen LogP) is 2.32. The number of aliphatic hydroxyl groups is 1. The molecule has 0 bridgehead atoms. The van der Waals surface area contributed by atoms with Crippen LogP contribution in [-0.4, -0.2) is 31.3 Å². The standard InChI is InChI=1S/C15H24N2O/c1-12(16-2)14-8-3-4-9-15(14)17-10-6-5-7-13(17)11-18/h3-4,8-9,12-13,16,18H,5-7,10-11H2,1-2H3. The zero-order chi connectivity index (χ0) is 13.0. The molecule has 3 nitrogen and oxygen atoms in total. The maximum atomic E-state index is 9.55. The Morgan fingerprint density at radius 2 is 2.17 bits per heavy atom. The lowest BCUT2D eigenvalue weighted by Crippen LogP contribution is -2.42. The van der Waals surface area contributed by atoms with Crippen molar-refractivity contribution in [1.82, 2.24) is 5.32 Å². The van der Waals surface area contributed by atoms with Crippen LogP contribution in [0.1, 0.15) is 37.8 Å². The molecule has 100 valence electrons. The number of rotatable bonds is 4. The highest BCUT2D eigenvalue weighted by Gasteiger charge is 2.24. The Bertz CT molecular complexity index is 381. The van der Waals surface area contributed by atoms with Crippen LogP contribution in [0.3, 0.4) is 0 Å². The van der Waals surface area contributed by atoms with E-state index in [-0.39, 0.29) is 12.6 Å². The van der Waals surface area contributed by atoms with Gasteiger partial charge in [0.1, 0.15) is 0 Å². The van der Waals surface area contributed by atoms with Gasteiger partial charge in [-0.25, -0.2) is 0 Å². The van der Waals surface area contributed by atoms with Gasteiger partial charge in [0.05, 0.1) is 12.6 Å². The van der Waals surface area contributed by atoms with E-state index in [0.29, 0.717) is 6.04 Å². The summed E-state index contributed by atoms with van der Waals surface area (Å²) in [6.07, 6.45) is 3.54. The molecule has 1 aliphatic rings. The largest absolute Gasteiger partial charge is 0.394 e. The number of hydrogen-bond acceptors (Lipinski definition) is 3. The Kier molecular flexibility index (Phi) is 4.61. The Morgan fingerprint density at radius 1 is 1.39 bits per heavy atom. The first-order chi connectivity index (χ1) is 8.77. The second-order valence-corrected chi connectivity index (χ2v) is 5.09. The van der Waals surface area contributed by atoms with Gasteiger partial charge in [-0.3, -0.25) is 0 Å². The minimum atomic E-state index is 0.252. The molecule has 2 rings (SSSR count). The topological polar surface area (TPSA) is 35.5 Å².